The van der Waals surface area contributed by atoms with Crippen LogP contribution in [0.5, 0.6) is 0 Å². The van der Waals surface area contributed by atoms with E-state index in [-0.39, 0.29) is 12.5 Å². The minimum absolute atomic E-state index is 0.191. The largest absolute Gasteiger partial charge is 0.394 e. The molecule has 0 bridgehead atoms. The zero-order valence-electron chi connectivity index (χ0n) is 41.3. The standard InChI is InChI=1S/C55H101NO8/c1-3-5-7-9-11-13-15-17-19-21-23-24-25-26-27-29-31-33-35-37-39-41-43-45-51(59)56-48(47-63-55-54(62)53(61)52(60)50(46-57)64-55)49(58)44-42-40-38-36-34-32-30-28-22-20-18-16-14-12-10-8-6-4-2/h21-23,28,34,36,42,44,48-50,52-55,57-58,60-62H,3-20,24-27,29-33,35,37-41,43,45-47H2,1-2H3,(H,56,59)/b23-21-,28-22+,36-34+,44-42+. The van der Waals surface area contributed by atoms with Crippen molar-refractivity contribution in [2.24, 2.45) is 0 Å². The summed E-state index contributed by atoms with van der Waals surface area (Å²) in [5, 5.41) is 54.4. The lowest BCUT2D eigenvalue weighted by atomic mass is 9.99. The number of hydrogen-bond acceptors (Lipinski definition) is 8. The second-order valence-corrected chi connectivity index (χ2v) is 18.6. The van der Waals surface area contributed by atoms with Crippen molar-refractivity contribution in [2.75, 3.05) is 13.2 Å². The van der Waals surface area contributed by atoms with Crippen molar-refractivity contribution >= 4 is 5.91 Å². The number of unbranched alkanes of at least 4 members (excludes halogenated alkanes) is 29. The first-order valence-corrected chi connectivity index (χ1v) is 26.9. The minimum Gasteiger partial charge on any atom is -0.394 e. The van der Waals surface area contributed by atoms with Gasteiger partial charge in [-0.15, -0.1) is 0 Å². The highest BCUT2D eigenvalue weighted by molar-refractivity contribution is 5.76. The maximum absolute atomic E-state index is 13.0. The van der Waals surface area contributed by atoms with Gasteiger partial charge in [0.2, 0.25) is 5.91 Å². The highest BCUT2D eigenvalue weighted by atomic mass is 16.7. The van der Waals surface area contributed by atoms with Gasteiger partial charge in [-0.3, -0.25) is 4.79 Å². The molecule has 0 spiro atoms. The maximum Gasteiger partial charge on any atom is 0.220 e. The van der Waals surface area contributed by atoms with Crippen molar-refractivity contribution in [1.82, 2.24) is 5.32 Å². The van der Waals surface area contributed by atoms with Crippen LogP contribution < -0.4 is 5.32 Å². The van der Waals surface area contributed by atoms with Crippen LogP contribution in [0.25, 0.3) is 0 Å². The molecule has 0 radical (unpaired) electrons. The number of allylic oxidation sites excluding steroid dienone is 7. The number of aliphatic hydroxyl groups is 5. The number of aliphatic hydroxyl groups excluding tert-OH is 5. The zero-order valence-corrected chi connectivity index (χ0v) is 41.3. The predicted octanol–water partition coefficient (Wildman–Crippen LogP) is 12.6. The SMILES string of the molecule is CCCCCCCCCC/C=C\CCCCCCCCCCCCCC(=O)NC(COC1OC(CO)C(O)C(O)C1O)C(O)/C=C/CC/C=C/CC/C=C/CCCCCCCCCC. The van der Waals surface area contributed by atoms with Gasteiger partial charge in [0.25, 0.3) is 0 Å². The van der Waals surface area contributed by atoms with Crippen LogP contribution in [-0.2, 0) is 14.3 Å². The summed E-state index contributed by atoms with van der Waals surface area (Å²) in [6, 6.07) is -0.828. The molecule has 1 rings (SSSR count). The Labute approximate surface area is 393 Å². The lowest BCUT2D eigenvalue weighted by Gasteiger charge is -2.40. The van der Waals surface area contributed by atoms with Crippen LogP contribution in [0, 0.1) is 0 Å². The molecule has 7 unspecified atom stereocenters. The molecule has 1 amide bonds. The lowest BCUT2D eigenvalue weighted by Crippen LogP contribution is -2.60. The number of amides is 1. The first-order valence-electron chi connectivity index (χ1n) is 26.9. The highest BCUT2D eigenvalue weighted by Gasteiger charge is 2.44. The van der Waals surface area contributed by atoms with Crippen LogP contribution in [0.3, 0.4) is 0 Å². The van der Waals surface area contributed by atoms with E-state index < -0.39 is 49.5 Å². The van der Waals surface area contributed by atoms with E-state index in [9.17, 15) is 30.3 Å². The van der Waals surface area contributed by atoms with E-state index in [4.69, 9.17) is 9.47 Å². The van der Waals surface area contributed by atoms with Gasteiger partial charge in [0.05, 0.1) is 25.4 Å². The van der Waals surface area contributed by atoms with E-state index in [1.165, 1.54) is 173 Å². The second kappa shape index (κ2) is 45.0. The Balaban J connectivity index is 2.29. The summed E-state index contributed by atoms with van der Waals surface area (Å²) >= 11 is 0. The van der Waals surface area contributed by atoms with Crippen LogP contribution >= 0.6 is 0 Å². The Kier molecular flexibility index (Phi) is 42.3. The van der Waals surface area contributed by atoms with Crippen LogP contribution in [0.2, 0.25) is 0 Å². The number of nitrogens with one attached hydrogen (secondary N) is 1. The molecule has 0 saturated carbocycles. The van der Waals surface area contributed by atoms with Crippen molar-refractivity contribution in [3.63, 3.8) is 0 Å². The van der Waals surface area contributed by atoms with Crippen molar-refractivity contribution in [1.29, 1.82) is 0 Å². The third kappa shape index (κ3) is 34.5. The van der Waals surface area contributed by atoms with Crippen molar-refractivity contribution in [3.05, 3.63) is 48.6 Å². The van der Waals surface area contributed by atoms with Gasteiger partial charge >= 0.3 is 0 Å². The van der Waals surface area contributed by atoms with E-state index in [0.29, 0.717) is 6.42 Å². The quantitative estimate of drug-likeness (QED) is 0.0261. The summed E-state index contributed by atoms with van der Waals surface area (Å²) in [4.78, 5) is 13.0. The fourth-order valence-corrected chi connectivity index (χ4v) is 8.30. The van der Waals surface area contributed by atoms with Gasteiger partial charge in [-0.1, -0.05) is 210 Å². The molecule has 0 aromatic heterocycles. The Morgan fingerprint density at radius 1 is 0.516 bits per heavy atom. The smallest absolute Gasteiger partial charge is 0.220 e. The molecular formula is C55H101NO8. The molecule has 0 aromatic rings. The minimum atomic E-state index is -1.57. The summed E-state index contributed by atoms with van der Waals surface area (Å²) < 4.78 is 11.2. The average molecular weight is 904 g/mol. The Morgan fingerprint density at radius 2 is 0.891 bits per heavy atom. The third-order valence-electron chi connectivity index (χ3n) is 12.6. The third-order valence-corrected chi connectivity index (χ3v) is 12.6. The van der Waals surface area contributed by atoms with Gasteiger partial charge in [-0.2, -0.15) is 0 Å². The van der Waals surface area contributed by atoms with E-state index in [1.54, 1.807) is 6.08 Å². The fraction of sp³-hybridized carbons (Fsp3) is 0.836. The topological polar surface area (TPSA) is 149 Å². The van der Waals surface area contributed by atoms with E-state index in [1.807, 2.05) is 6.08 Å². The van der Waals surface area contributed by atoms with Crippen LogP contribution in [0.1, 0.15) is 239 Å². The molecule has 0 aliphatic carbocycles. The zero-order chi connectivity index (χ0) is 46.6. The molecule has 1 aliphatic heterocycles. The van der Waals surface area contributed by atoms with E-state index in [0.717, 1.165) is 44.9 Å². The molecule has 9 heteroatoms. The van der Waals surface area contributed by atoms with E-state index in [2.05, 4.69) is 55.6 Å². The van der Waals surface area contributed by atoms with Crippen molar-refractivity contribution in [3.8, 4) is 0 Å². The Bertz CT molecular complexity index is 1140. The average Bonchev–Trinajstić information content (AvgIpc) is 3.29. The molecule has 6 N–H and O–H groups in total. The summed E-state index contributed by atoms with van der Waals surface area (Å²) in [7, 11) is 0. The van der Waals surface area contributed by atoms with Gasteiger partial charge in [-0.05, 0) is 70.6 Å². The molecule has 9 nitrogen and oxygen atoms in total. The molecule has 1 saturated heterocycles. The van der Waals surface area contributed by atoms with Gasteiger partial charge in [0, 0.05) is 6.42 Å². The van der Waals surface area contributed by atoms with Gasteiger partial charge in [0.1, 0.15) is 24.4 Å². The summed E-state index contributed by atoms with van der Waals surface area (Å²) in [5.41, 5.74) is 0. The van der Waals surface area contributed by atoms with Gasteiger partial charge in [0.15, 0.2) is 6.29 Å². The van der Waals surface area contributed by atoms with Crippen molar-refractivity contribution in [2.45, 2.75) is 281 Å². The molecule has 7 atom stereocenters. The molecule has 1 aliphatic rings. The molecule has 0 aromatic carbocycles. The van der Waals surface area contributed by atoms with Crippen LogP contribution in [-0.4, -0.2) is 87.5 Å². The molecule has 64 heavy (non-hydrogen) atoms. The number of hydrogen-bond donors (Lipinski definition) is 6. The summed E-state index contributed by atoms with van der Waals surface area (Å²) in [6.45, 7) is 3.76. The molecular weight excluding hydrogens is 803 g/mol. The number of carbonyl (C=O) groups is 1. The summed E-state index contributed by atoms with van der Waals surface area (Å²) in [6.07, 6.45) is 51.6. The van der Waals surface area contributed by atoms with Gasteiger partial charge < -0.3 is 40.3 Å². The molecule has 1 heterocycles. The highest BCUT2D eigenvalue weighted by Crippen LogP contribution is 2.23. The number of carbonyl (C=O) groups excluding carboxylic acids is 1. The molecule has 1 fully saturated rings. The van der Waals surface area contributed by atoms with Crippen LogP contribution in [0.4, 0.5) is 0 Å². The monoisotopic (exact) mass is 904 g/mol. The molecule has 374 valence electrons. The van der Waals surface area contributed by atoms with Crippen LogP contribution in [0.15, 0.2) is 48.6 Å². The predicted molar refractivity (Wildman–Crippen MR) is 267 cm³/mol. The van der Waals surface area contributed by atoms with Gasteiger partial charge in [-0.25, -0.2) is 0 Å². The fourth-order valence-electron chi connectivity index (χ4n) is 8.30. The van der Waals surface area contributed by atoms with Crippen molar-refractivity contribution < 1.29 is 39.8 Å². The normalized spacial score (nSPS) is 20.4. The first-order chi connectivity index (χ1) is 31.3. The lowest BCUT2D eigenvalue weighted by molar-refractivity contribution is -0.302. The summed E-state index contributed by atoms with van der Waals surface area (Å²) in [5.74, 6) is -0.191. The maximum atomic E-state index is 13.0. The number of ether oxygens (including phenoxy) is 2. The Morgan fingerprint density at radius 3 is 1.31 bits per heavy atom. The Hall–Kier alpha value is -1.85. The second-order valence-electron chi connectivity index (χ2n) is 18.6. The number of rotatable bonds is 45. The first kappa shape index (κ1) is 60.2. The van der Waals surface area contributed by atoms with E-state index >= 15 is 0 Å².